The van der Waals surface area contributed by atoms with Gasteiger partial charge in [-0.15, -0.1) is 0 Å². The molecule has 0 aliphatic heterocycles. The van der Waals surface area contributed by atoms with Gasteiger partial charge in [-0.1, -0.05) is 27.5 Å². The number of carbonyl (C=O) groups excluding carboxylic acids is 1. The monoisotopic (exact) mass is 339 g/mol. The van der Waals surface area contributed by atoms with Crippen molar-refractivity contribution >= 4 is 50.5 Å². The van der Waals surface area contributed by atoms with Crippen LogP contribution in [0.25, 0.3) is 0 Å². The number of nitrogens with one attached hydrogen (secondary N) is 1. The van der Waals surface area contributed by atoms with E-state index in [1.165, 1.54) is 0 Å². The molecule has 19 heavy (non-hydrogen) atoms. The molecule has 0 atom stereocenters. The lowest BCUT2D eigenvalue weighted by molar-refractivity contribution is 0.100. The minimum Gasteiger partial charge on any atom is -0.397 e. The Hall–Kier alpha value is -1.72. The SMILES string of the molecule is NC(=O)c1ccc(N)c(Nc2ccc(Br)cc2Cl)c1. The van der Waals surface area contributed by atoms with E-state index in [1.807, 2.05) is 12.1 Å². The summed E-state index contributed by atoms with van der Waals surface area (Å²) in [5.74, 6) is -0.509. The molecule has 2 rings (SSSR count). The van der Waals surface area contributed by atoms with Crippen molar-refractivity contribution in [2.45, 2.75) is 0 Å². The Morgan fingerprint density at radius 3 is 2.53 bits per heavy atom. The maximum absolute atomic E-state index is 11.1. The summed E-state index contributed by atoms with van der Waals surface area (Å²) in [6.07, 6.45) is 0. The van der Waals surface area contributed by atoms with Crippen LogP contribution < -0.4 is 16.8 Å². The topological polar surface area (TPSA) is 81.1 Å². The fourth-order valence-corrected chi connectivity index (χ4v) is 2.27. The second kappa shape index (κ2) is 5.50. The van der Waals surface area contributed by atoms with E-state index in [0.29, 0.717) is 27.6 Å². The van der Waals surface area contributed by atoms with Crippen molar-refractivity contribution in [2.75, 3.05) is 11.1 Å². The number of hydrogen-bond donors (Lipinski definition) is 3. The zero-order chi connectivity index (χ0) is 14.0. The van der Waals surface area contributed by atoms with Crippen LogP contribution in [0.15, 0.2) is 40.9 Å². The molecule has 0 spiro atoms. The molecule has 0 unspecified atom stereocenters. The lowest BCUT2D eigenvalue weighted by atomic mass is 10.1. The number of rotatable bonds is 3. The van der Waals surface area contributed by atoms with Crippen LogP contribution in [0.4, 0.5) is 17.1 Å². The molecule has 0 radical (unpaired) electrons. The van der Waals surface area contributed by atoms with Gasteiger partial charge in [0.15, 0.2) is 0 Å². The molecule has 0 aliphatic rings. The number of nitrogens with two attached hydrogens (primary N) is 2. The highest BCUT2D eigenvalue weighted by molar-refractivity contribution is 9.10. The molecule has 0 bridgehead atoms. The number of carbonyl (C=O) groups is 1. The van der Waals surface area contributed by atoms with E-state index < -0.39 is 5.91 Å². The van der Waals surface area contributed by atoms with E-state index in [0.717, 1.165) is 4.47 Å². The number of hydrogen-bond acceptors (Lipinski definition) is 3. The molecule has 0 aliphatic carbocycles. The number of anilines is 3. The van der Waals surface area contributed by atoms with Gasteiger partial charge >= 0.3 is 0 Å². The number of nitrogen functional groups attached to an aromatic ring is 1. The van der Waals surface area contributed by atoms with Crippen LogP contribution in [0.5, 0.6) is 0 Å². The summed E-state index contributed by atoms with van der Waals surface area (Å²) in [4.78, 5) is 11.1. The third-order valence-corrected chi connectivity index (χ3v) is 3.34. The first-order valence-electron chi connectivity index (χ1n) is 5.39. The number of amides is 1. The summed E-state index contributed by atoms with van der Waals surface area (Å²) in [6.45, 7) is 0. The van der Waals surface area contributed by atoms with Crippen LogP contribution in [-0.2, 0) is 0 Å². The molecule has 5 N–H and O–H groups in total. The van der Waals surface area contributed by atoms with E-state index in [9.17, 15) is 4.79 Å². The molecule has 0 fully saturated rings. The summed E-state index contributed by atoms with van der Waals surface area (Å²) < 4.78 is 0.877. The van der Waals surface area contributed by atoms with Gasteiger partial charge in [0.25, 0.3) is 0 Å². The first kappa shape index (κ1) is 13.7. The molecule has 98 valence electrons. The minimum atomic E-state index is -0.509. The summed E-state index contributed by atoms with van der Waals surface area (Å²) in [6, 6.07) is 10.2. The number of benzene rings is 2. The molecule has 2 aromatic carbocycles. The molecule has 0 saturated heterocycles. The zero-order valence-corrected chi connectivity index (χ0v) is 12.1. The van der Waals surface area contributed by atoms with Crippen molar-refractivity contribution in [2.24, 2.45) is 5.73 Å². The smallest absolute Gasteiger partial charge is 0.248 e. The van der Waals surface area contributed by atoms with Crippen LogP contribution >= 0.6 is 27.5 Å². The van der Waals surface area contributed by atoms with Gasteiger partial charge < -0.3 is 16.8 Å². The lowest BCUT2D eigenvalue weighted by Gasteiger charge is -2.12. The van der Waals surface area contributed by atoms with Crippen LogP contribution in [-0.4, -0.2) is 5.91 Å². The van der Waals surface area contributed by atoms with Gasteiger partial charge in [0, 0.05) is 10.0 Å². The van der Waals surface area contributed by atoms with E-state index in [1.54, 1.807) is 24.3 Å². The molecule has 2 aromatic rings. The fourth-order valence-electron chi connectivity index (χ4n) is 1.55. The highest BCUT2D eigenvalue weighted by atomic mass is 79.9. The minimum absolute atomic E-state index is 0.380. The van der Waals surface area contributed by atoms with Crippen LogP contribution in [0.3, 0.4) is 0 Å². The maximum atomic E-state index is 11.1. The Bertz CT molecular complexity index is 646. The van der Waals surface area contributed by atoms with Crippen molar-refractivity contribution in [3.8, 4) is 0 Å². The maximum Gasteiger partial charge on any atom is 0.248 e. The Balaban J connectivity index is 2.37. The third kappa shape index (κ3) is 3.19. The fraction of sp³-hybridized carbons (Fsp3) is 0. The molecular weight excluding hydrogens is 330 g/mol. The summed E-state index contributed by atoms with van der Waals surface area (Å²) in [7, 11) is 0. The highest BCUT2D eigenvalue weighted by Crippen LogP contribution is 2.31. The predicted molar refractivity (Wildman–Crippen MR) is 81.8 cm³/mol. The normalized spacial score (nSPS) is 10.2. The Kier molecular flexibility index (Phi) is 3.97. The molecule has 1 amide bonds. The molecule has 4 nitrogen and oxygen atoms in total. The summed E-state index contributed by atoms with van der Waals surface area (Å²) in [5, 5.41) is 3.62. The summed E-state index contributed by atoms with van der Waals surface area (Å²) in [5.41, 5.74) is 13.2. The first-order valence-corrected chi connectivity index (χ1v) is 6.56. The van der Waals surface area contributed by atoms with Gasteiger partial charge in [-0.05, 0) is 36.4 Å². The third-order valence-electron chi connectivity index (χ3n) is 2.54. The van der Waals surface area contributed by atoms with Crippen molar-refractivity contribution < 1.29 is 4.79 Å². The Morgan fingerprint density at radius 1 is 1.16 bits per heavy atom. The molecular formula is C13H11BrClN3O. The van der Waals surface area contributed by atoms with E-state index in [-0.39, 0.29) is 0 Å². The van der Waals surface area contributed by atoms with E-state index in [4.69, 9.17) is 23.1 Å². The predicted octanol–water partition coefficient (Wildman–Crippen LogP) is 3.53. The average Bonchev–Trinajstić information content (AvgIpc) is 2.34. The van der Waals surface area contributed by atoms with E-state index >= 15 is 0 Å². The van der Waals surface area contributed by atoms with Crippen molar-refractivity contribution in [3.63, 3.8) is 0 Å². The van der Waals surface area contributed by atoms with Gasteiger partial charge in [-0.3, -0.25) is 4.79 Å². The van der Waals surface area contributed by atoms with Gasteiger partial charge in [-0.2, -0.15) is 0 Å². The average molecular weight is 341 g/mol. The van der Waals surface area contributed by atoms with Crippen LogP contribution in [0.1, 0.15) is 10.4 Å². The van der Waals surface area contributed by atoms with Gasteiger partial charge in [0.2, 0.25) is 5.91 Å². The molecule has 0 aromatic heterocycles. The second-order valence-electron chi connectivity index (χ2n) is 3.92. The first-order chi connectivity index (χ1) is 8.97. The van der Waals surface area contributed by atoms with Crippen molar-refractivity contribution in [1.29, 1.82) is 0 Å². The lowest BCUT2D eigenvalue weighted by Crippen LogP contribution is -2.11. The van der Waals surface area contributed by atoms with Gasteiger partial charge in [0.1, 0.15) is 0 Å². The van der Waals surface area contributed by atoms with Gasteiger partial charge in [-0.25, -0.2) is 0 Å². The molecule has 0 saturated carbocycles. The van der Waals surface area contributed by atoms with Crippen LogP contribution in [0, 0.1) is 0 Å². The summed E-state index contributed by atoms with van der Waals surface area (Å²) >= 11 is 9.44. The second-order valence-corrected chi connectivity index (χ2v) is 5.24. The molecule has 6 heteroatoms. The molecule has 0 heterocycles. The Morgan fingerprint density at radius 2 is 1.89 bits per heavy atom. The van der Waals surface area contributed by atoms with Gasteiger partial charge in [0.05, 0.1) is 22.1 Å². The quantitative estimate of drug-likeness (QED) is 0.748. The highest BCUT2D eigenvalue weighted by Gasteiger charge is 2.07. The zero-order valence-electron chi connectivity index (χ0n) is 9.78. The standard InChI is InChI=1S/C13H11BrClN3O/c14-8-2-4-11(9(15)6-8)18-12-5-7(13(17)19)1-3-10(12)16/h1-6,18H,16H2,(H2,17,19). The van der Waals surface area contributed by atoms with Crippen molar-refractivity contribution in [3.05, 3.63) is 51.5 Å². The largest absolute Gasteiger partial charge is 0.397 e. The van der Waals surface area contributed by atoms with Crippen molar-refractivity contribution in [1.82, 2.24) is 0 Å². The number of primary amides is 1. The Labute approximate surface area is 123 Å². The van der Waals surface area contributed by atoms with E-state index in [2.05, 4.69) is 21.2 Å². The van der Waals surface area contributed by atoms with Crippen LogP contribution in [0.2, 0.25) is 5.02 Å². The number of halogens is 2.